The first kappa shape index (κ1) is 22.3. The van der Waals surface area contributed by atoms with E-state index in [2.05, 4.69) is 107 Å². The third-order valence-corrected chi connectivity index (χ3v) is 75.9. The van der Waals surface area contributed by atoms with Crippen molar-refractivity contribution in [1.82, 2.24) is 0 Å². The van der Waals surface area contributed by atoms with Gasteiger partial charge in [-0.05, 0) is 20.2 Å². The second kappa shape index (κ2) is 5.86. The van der Waals surface area contributed by atoms with Crippen LogP contribution in [0, 0.1) is 0 Å². The van der Waals surface area contributed by atoms with Crippen LogP contribution in [0.4, 0.5) is 0 Å². The molecule has 0 unspecified atom stereocenters. The third kappa shape index (κ3) is 3.43. The quantitative estimate of drug-likeness (QED) is 0.344. The molecule has 0 amide bonds. The van der Waals surface area contributed by atoms with Crippen LogP contribution in [-0.2, 0) is 0 Å². The molecule has 5 heteroatoms. The van der Waals surface area contributed by atoms with Crippen LogP contribution in [0.5, 0.6) is 0 Å². The zero-order valence-corrected chi connectivity index (χ0v) is 23.2. The van der Waals surface area contributed by atoms with E-state index in [0.29, 0.717) is 20.2 Å². The molecule has 1 rings (SSSR count). The van der Waals surface area contributed by atoms with Gasteiger partial charge in [-0.1, -0.05) is 96.2 Å². The van der Waals surface area contributed by atoms with E-state index in [-0.39, 0.29) is 14.0 Å². The fourth-order valence-electron chi connectivity index (χ4n) is 4.35. The molecule has 0 saturated carbocycles. The Hall–Kier alpha value is 1.22. The zero-order valence-electron chi connectivity index (χ0n) is 18.4. The van der Waals surface area contributed by atoms with Crippen molar-refractivity contribution < 1.29 is 0 Å². The standard InChI is InChI=1S/C18H42SSi4/c1-15(2,3)22(13,16(4,5)6)20-19-21(20)23(14,17(7,8)9)18(10,11)12/h1-14H3. The molecule has 1 fully saturated rings. The van der Waals surface area contributed by atoms with Crippen molar-refractivity contribution in [2.24, 2.45) is 0 Å². The molecule has 1 aliphatic heterocycles. The van der Waals surface area contributed by atoms with Crippen molar-refractivity contribution in [1.29, 1.82) is 0 Å². The topological polar surface area (TPSA) is 0 Å². The van der Waals surface area contributed by atoms with Gasteiger partial charge in [-0.15, -0.1) is 0 Å². The van der Waals surface area contributed by atoms with E-state index in [0.717, 1.165) is 0 Å². The van der Waals surface area contributed by atoms with Gasteiger partial charge in [-0.25, -0.2) is 10.7 Å². The molecule has 2 radical (unpaired) electrons. The van der Waals surface area contributed by atoms with Crippen LogP contribution in [-0.4, -0.2) is 29.1 Å². The minimum Gasteiger partial charge on any atom is -0.220 e. The normalized spacial score (nSPS) is 20.1. The maximum Gasteiger partial charge on any atom is 0.103 e. The highest BCUT2D eigenvalue weighted by atomic mass is 32.7. The fraction of sp³-hybridized carbons (Fsp3) is 1.00. The molecule has 0 nitrogen and oxygen atoms in total. The summed E-state index contributed by atoms with van der Waals surface area (Å²) in [5.74, 6) is 0. The number of hydrogen-bond acceptors (Lipinski definition) is 1. The summed E-state index contributed by atoms with van der Waals surface area (Å²) in [7, 11) is -0.0238. The van der Waals surface area contributed by atoms with E-state index in [1.165, 1.54) is 0 Å². The van der Waals surface area contributed by atoms with E-state index in [1.807, 2.05) is 0 Å². The molecule has 0 aromatic carbocycles. The molecule has 1 aliphatic rings. The highest BCUT2D eigenvalue weighted by molar-refractivity contribution is 8.80. The van der Waals surface area contributed by atoms with Crippen LogP contribution in [0.25, 0.3) is 0 Å². The van der Waals surface area contributed by atoms with Gasteiger partial charge in [0, 0.05) is 0 Å². The van der Waals surface area contributed by atoms with E-state index < -0.39 is 15.2 Å². The van der Waals surface area contributed by atoms with Crippen LogP contribution in [0.3, 0.4) is 0 Å². The van der Waals surface area contributed by atoms with Gasteiger partial charge in [0.1, 0.15) is 14.0 Å². The Balaban J connectivity index is 3.37. The van der Waals surface area contributed by atoms with Gasteiger partial charge in [-0.2, -0.15) is 0 Å². The maximum atomic E-state index is 2.78. The summed E-state index contributed by atoms with van der Waals surface area (Å²) < 4.78 is 0. The first-order chi connectivity index (χ1) is 9.73. The van der Waals surface area contributed by atoms with Crippen molar-refractivity contribution in [3.63, 3.8) is 0 Å². The average Bonchev–Trinajstić information content (AvgIpc) is 3.00. The lowest BCUT2D eigenvalue weighted by Gasteiger charge is -2.53. The molecule has 0 aliphatic carbocycles. The summed E-state index contributed by atoms with van der Waals surface area (Å²) in [4.78, 5) is 0. The van der Waals surface area contributed by atoms with Crippen LogP contribution >= 0.6 is 10.7 Å². The minimum atomic E-state index is -1.30. The number of rotatable bonds is 2. The van der Waals surface area contributed by atoms with E-state index in [9.17, 15) is 0 Å². The largest absolute Gasteiger partial charge is 0.220 e. The molecule has 0 spiro atoms. The summed E-state index contributed by atoms with van der Waals surface area (Å²) in [6.45, 7) is 36.0. The van der Waals surface area contributed by atoms with Gasteiger partial charge in [0.25, 0.3) is 0 Å². The van der Waals surface area contributed by atoms with Crippen LogP contribution in [0.15, 0.2) is 0 Å². The maximum absolute atomic E-state index is 2.78. The molecule has 0 bridgehead atoms. The lowest BCUT2D eigenvalue weighted by Crippen LogP contribution is -2.64. The van der Waals surface area contributed by atoms with Crippen LogP contribution < -0.4 is 0 Å². The van der Waals surface area contributed by atoms with E-state index in [1.54, 1.807) is 0 Å². The molecule has 0 aromatic heterocycles. The summed E-state index contributed by atoms with van der Waals surface area (Å²) in [6, 6.07) is 0. The van der Waals surface area contributed by atoms with Gasteiger partial charge in [0.2, 0.25) is 0 Å². The number of hydrogen-bond donors (Lipinski definition) is 0. The van der Waals surface area contributed by atoms with Gasteiger partial charge >= 0.3 is 0 Å². The molecular weight excluding hydrogens is 361 g/mol. The van der Waals surface area contributed by atoms with Crippen molar-refractivity contribution in [3.05, 3.63) is 0 Å². The summed E-state index contributed by atoms with van der Waals surface area (Å²) >= 11 is 0. The summed E-state index contributed by atoms with van der Waals surface area (Å²) in [5.41, 5.74) is 0. The summed E-state index contributed by atoms with van der Waals surface area (Å²) in [6.07, 6.45) is 0. The SMILES string of the molecule is CC(C)(C)[Si](C)([Si]1S[Si]1[Si](C)(C(C)(C)C)C(C)(C)C)C(C)(C)C. The smallest absolute Gasteiger partial charge is 0.103 e. The summed E-state index contributed by atoms with van der Waals surface area (Å²) in [5, 5.41) is 2.13. The fourth-order valence-corrected chi connectivity index (χ4v) is 115. The van der Waals surface area contributed by atoms with Gasteiger partial charge in [-0.3, -0.25) is 0 Å². The Morgan fingerprint density at radius 3 is 0.783 bits per heavy atom. The Kier molecular flexibility index (Phi) is 5.67. The minimum absolute atomic E-state index is 0.177. The molecule has 0 atom stereocenters. The average molecular weight is 403 g/mol. The van der Waals surface area contributed by atoms with Gasteiger partial charge in [0.15, 0.2) is 0 Å². The van der Waals surface area contributed by atoms with Crippen molar-refractivity contribution in [2.45, 2.75) is 116 Å². The highest BCUT2D eigenvalue weighted by Gasteiger charge is 2.72. The zero-order chi connectivity index (χ0) is 18.9. The van der Waals surface area contributed by atoms with Crippen LogP contribution in [0.1, 0.15) is 83.1 Å². The lowest BCUT2D eigenvalue weighted by molar-refractivity contribution is 0.634. The Labute approximate surface area is 155 Å². The van der Waals surface area contributed by atoms with E-state index in [4.69, 9.17) is 0 Å². The highest BCUT2D eigenvalue weighted by Crippen LogP contribution is 2.66. The Morgan fingerprint density at radius 2 is 0.652 bits per heavy atom. The van der Waals surface area contributed by atoms with Crippen LogP contribution in [0.2, 0.25) is 33.2 Å². The first-order valence-electron chi connectivity index (χ1n) is 9.16. The second-order valence-corrected chi connectivity index (χ2v) is 48.3. The molecule has 0 N–H and O–H groups in total. The molecule has 23 heavy (non-hydrogen) atoms. The monoisotopic (exact) mass is 402 g/mol. The lowest BCUT2D eigenvalue weighted by atomic mass is 10.2. The molecule has 1 heterocycles. The van der Waals surface area contributed by atoms with Crippen molar-refractivity contribution >= 4 is 39.8 Å². The molecule has 136 valence electrons. The third-order valence-electron chi connectivity index (χ3n) is 7.28. The molecule has 0 aromatic rings. The molecular formula is C18H42SSi4. The predicted molar refractivity (Wildman–Crippen MR) is 121 cm³/mol. The Morgan fingerprint density at radius 1 is 0.478 bits per heavy atom. The predicted octanol–water partition coefficient (Wildman–Crippen LogP) is 7.31. The van der Waals surface area contributed by atoms with Crippen molar-refractivity contribution in [2.75, 3.05) is 0 Å². The van der Waals surface area contributed by atoms with Gasteiger partial charge in [0.05, 0.1) is 15.2 Å². The van der Waals surface area contributed by atoms with E-state index >= 15 is 0 Å². The Bertz CT molecular complexity index is 376. The molecule has 1 saturated heterocycles. The second-order valence-electron chi connectivity index (χ2n) is 12.0. The first-order valence-corrected chi connectivity index (χ1v) is 22.4. The van der Waals surface area contributed by atoms with Gasteiger partial charge < -0.3 is 0 Å². The van der Waals surface area contributed by atoms with Crippen molar-refractivity contribution in [3.8, 4) is 0 Å².